The summed E-state index contributed by atoms with van der Waals surface area (Å²) in [5.41, 5.74) is 6.69. The molecule has 2 saturated heterocycles. The topological polar surface area (TPSA) is 69.9 Å². The van der Waals surface area contributed by atoms with Crippen molar-refractivity contribution in [2.75, 3.05) is 45.8 Å². The van der Waals surface area contributed by atoms with Crippen LogP contribution in [0.1, 0.15) is 18.4 Å². The quantitative estimate of drug-likeness (QED) is 0.825. The number of piperidine rings is 1. The Morgan fingerprint density at radius 2 is 1.50 bits per heavy atom. The number of amides is 2. The number of benzene rings is 1. The van der Waals surface area contributed by atoms with Gasteiger partial charge in [0.15, 0.2) is 0 Å². The van der Waals surface area contributed by atoms with E-state index in [-0.39, 0.29) is 30.1 Å². The van der Waals surface area contributed by atoms with Gasteiger partial charge in [0.25, 0.3) is 0 Å². The Kier molecular flexibility index (Phi) is 7.87. The number of carbonyl (C=O) groups is 2. The molecule has 6 nitrogen and oxygen atoms in total. The van der Waals surface area contributed by atoms with Crippen molar-refractivity contribution in [1.29, 1.82) is 0 Å². The normalized spacial score (nSPS) is 19.8. The molecule has 144 valence electrons. The fraction of sp³-hybridized carbons (Fsp3) is 0.579. The van der Waals surface area contributed by atoms with Crippen LogP contribution in [0.25, 0.3) is 0 Å². The Labute approximate surface area is 161 Å². The lowest BCUT2D eigenvalue weighted by molar-refractivity contribution is -0.136. The molecule has 1 aromatic rings. The van der Waals surface area contributed by atoms with Gasteiger partial charge in [-0.1, -0.05) is 30.3 Å². The van der Waals surface area contributed by atoms with E-state index in [0.29, 0.717) is 32.5 Å². The van der Waals surface area contributed by atoms with E-state index in [4.69, 9.17) is 5.73 Å². The zero-order valence-electron chi connectivity index (χ0n) is 15.2. The lowest BCUT2D eigenvalue weighted by atomic mass is 9.96. The first-order valence-electron chi connectivity index (χ1n) is 9.17. The van der Waals surface area contributed by atoms with Crippen molar-refractivity contribution in [3.8, 4) is 0 Å². The van der Waals surface area contributed by atoms with Crippen molar-refractivity contribution in [3.05, 3.63) is 35.9 Å². The summed E-state index contributed by atoms with van der Waals surface area (Å²) in [7, 11) is 0. The minimum absolute atomic E-state index is 0. The second-order valence-corrected chi connectivity index (χ2v) is 7.10. The highest BCUT2D eigenvalue weighted by Crippen LogP contribution is 2.17. The lowest BCUT2D eigenvalue weighted by Gasteiger charge is -2.36. The zero-order valence-corrected chi connectivity index (χ0v) is 16.0. The molecule has 2 aliphatic rings. The molecule has 0 aliphatic carbocycles. The van der Waals surface area contributed by atoms with Gasteiger partial charge in [0, 0.05) is 51.7 Å². The summed E-state index contributed by atoms with van der Waals surface area (Å²) in [6.45, 7) is 6.61. The highest BCUT2D eigenvalue weighted by molar-refractivity contribution is 5.85. The third kappa shape index (κ3) is 5.69. The van der Waals surface area contributed by atoms with Crippen LogP contribution in [0, 0.1) is 5.92 Å². The van der Waals surface area contributed by atoms with Gasteiger partial charge in [-0.3, -0.25) is 19.4 Å². The molecule has 0 radical (unpaired) electrons. The molecule has 0 unspecified atom stereocenters. The minimum atomic E-state index is -0.235. The van der Waals surface area contributed by atoms with E-state index < -0.39 is 0 Å². The maximum atomic E-state index is 12.5. The summed E-state index contributed by atoms with van der Waals surface area (Å²) in [6.07, 6.45) is 1.40. The average Bonchev–Trinajstić information content (AvgIpc) is 2.64. The molecule has 2 aliphatic heterocycles. The van der Waals surface area contributed by atoms with Gasteiger partial charge in [-0.05, 0) is 18.4 Å². The first kappa shape index (κ1) is 20.7. The van der Waals surface area contributed by atoms with E-state index in [9.17, 15) is 9.59 Å². The third-order valence-corrected chi connectivity index (χ3v) is 5.32. The Balaban J connectivity index is 0.00000243. The standard InChI is InChI=1S/C19H28N4O2.ClH/c20-19(25)17-6-8-23(9-7-17)18(24)15-22-12-10-21(11-13-22)14-16-4-2-1-3-5-16;/h1-5,17H,6-15H2,(H2,20,25);1H. The van der Waals surface area contributed by atoms with Crippen LogP contribution in [0.3, 0.4) is 0 Å². The molecule has 2 amide bonds. The van der Waals surface area contributed by atoms with E-state index in [1.54, 1.807) is 0 Å². The van der Waals surface area contributed by atoms with Gasteiger partial charge in [-0.15, -0.1) is 12.4 Å². The van der Waals surface area contributed by atoms with Gasteiger partial charge in [0.05, 0.1) is 6.54 Å². The number of hydrogen-bond acceptors (Lipinski definition) is 4. The van der Waals surface area contributed by atoms with E-state index in [2.05, 4.69) is 34.1 Å². The number of hydrogen-bond donors (Lipinski definition) is 1. The highest BCUT2D eigenvalue weighted by Gasteiger charge is 2.27. The van der Waals surface area contributed by atoms with Crippen LogP contribution in [0.4, 0.5) is 0 Å². The number of nitrogens with zero attached hydrogens (tertiary/aromatic N) is 3. The zero-order chi connectivity index (χ0) is 17.6. The first-order valence-corrected chi connectivity index (χ1v) is 9.17. The predicted octanol–water partition coefficient (Wildman–Crippen LogP) is 0.950. The highest BCUT2D eigenvalue weighted by atomic mass is 35.5. The molecule has 0 spiro atoms. The monoisotopic (exact) mass is 380 g/mol. The number of nitrogens with two attached hydrogens (primary N) is 1. The first-order chi connectivity index (χ1) is 12.1. The Morgan fingerprint density at radius 1 is 0.923 bits per heavy atom. The van der Waals surface area contributed by atoms with Crippen LogP contribution in [0.15, 0.2) is 30.3 Å². The van der Waals surface area contributed by atoms with Gasteiger partial charge in [-0.25, -0.2) is 0 Å². The third-order valence-electron chi connectivity index (χ3n) is 5.32. The summed E-state index contributed by atoms with van der Waals surface area (Å²) in [5, 5.41) is 0. The summed E-state index contributed by atoms with van der Waals surface area (Å²) in [5.74, 6) is -0.119. The molecule has 0 atom stereocenters. The van der Waals surface area contributed by atoms with Crippen LogP contribution in [-0.4, -0.2) is 72.3 Å². The largest absolute Gasteiger partial charge is 0.369 e. The number of rotatable bonds is 5. The molecule has 0 aromatic heterocycles. The van der Waals surface area contributed by atoms with E-state index in [0.717, 1.165) is 32.7 Å². The van der Waals surface area contributed by atoms with Crippen molar-refractivity contribution in [2.45, 2.75) is 19.4 Å². The predicted molar refractivity (Wildman–Crippen MR) is 104 cm³/mol. The Bertz CT molecular complexity index is 582. The maximum absolute atomic E-state index is 12.5. The molecule has 0 bridgehead atoms. The molecule has 2 fully saturated rings. The van der Waals surface area contributed by atoms with Crippen molar-refractivity contribution in [2.24, 2.45) is 11.7 Å². The lowest BCUT2D eigenvalue weighted by Crippen LogP contribution is -2.51. The second kappa shape index (κ2) is 9.90. The maximum Gasteiger partial charge on any atom is 0.236 e. The summed E-state index contributed by atoms with van der Waals surface area (Å²) >= 11 is 0. The smallest absolute Gasteiger partial charge is 0.236 e. The number of piperazine rings is 1. The molecule has 2 heterocycles. The Hall–Kier alpha value is -1.63. The van der Waals surface area contributed by atoms with Gasteiger partial charge >= 0.3 is 0 Å². The summed E-state index contributed by atoms with van der Waals surface area (Å²) < 4.78 is 0. The van der Waals surface area contributed by atoms with Crippen LogP contribution in [-0.2, 0) is 16.1 Å². The van der Waals surface area contributed by atoms with Crippen molar-refractivity contribution >= 4 is 24.2 Å². The van der Waals surface area contributed by atoms with Gasteiger partial charge in [0.1, 0.15) is 0 Å². The molecule has 26 heavy (non-hydrogen) atoms. The van der Waals surface area contributed by atoms with Crippen LogP contribution >= 0.6 is 12.4 Å². The molecular weight excluding hydrogens is 352 g/mol. The van der Waals surface area contributed by atoms with E-state index >= 15 is 0 Å². The molecular formula is C19H29ClN4O2. The van der Waals surface area contributed by atoms with E-state index in [1.807, 2.05) is 11.0 Å². The Morgan fingerprint density at radius 3 is 2.08 bits per heavy atom. The van der Waals surface area contributed by atoms with Crippen LogP contribution in [0.5, 0.6) is 0 Å². The number of halogens is 1. The molecule has 3 rings (SSSR count). The number of carbonyl (C=O) groups excluding carboxylic acids is 2. The van der Waals surface area contributed by atoms with Crippen LogP contribution < -0.4 is 5.73 Å². The molecule has 1 aromatic carbocycles. The summed E-state index contributed by atoms with van der Waals surface area (Å²) in [6, 6.07) is 10.5. The van der Waals surface area contributed by atoms with Gasteiger partial charge in [0.2, 0.25) is 11.8 Å². The van der Waals surface area contributed by atoms with Crippen molar-refractivity contribution in [3.63, 3.8) is 0 Å². The number of primary amides is 1. The molecule has 7 heteroatoms. The minimum Gasteiger partial charge on any atom is -0.369 e. The van der Waals surface area contributed by atoms with E-state index in [1.165, 1.54) is 5.56 Å². The van der Waals surface area contributed by atoms with Crippen molar-refractivity contribution < 1.29 is 9.59 Å². The van der Waals surface area contributed by atoms with Crippen LogP contribution in [0.2, 0.25) is 0 Å². The second-order valence-electron chi connectivity index (χ2n) is 7.10. The fourth-order valence-electron chi connectivity index (χ4n) is 3.65. The van der Waals surface area contributed by atoms with Gasteiger partial charge < -0.3 is 10.6 Å². The number of likely N-dealkylation sites (tertiary alicyclic amines) is 1. The fourth-order valence-corrected chi connectivity index (χ4v) is 3.65. The van der Waals surface area contributed by atoms with Gasteiger partial charge in [-0.2, -0.15) is 0 Å². The SMILES string of the molecule is Cl.NC(=O)C1CCN(C(=O)CN2CCN(Cc3ccccc3)CC2)CC1. The molecule has 2 N–H and O–H groups in total. The average molecular weight is 381 g/mol. The van der Waals surface area contributed by atoms with Crippen molar-refractivity contribution in [1.82, 2.24) is 14.7 Å². The summed E-state index contributed by atoms with van der Waals surface area (Å²) in [4.78, 5) is 30.2. The molecule has 0 saturated carbocycles.